The predicted octanol–water partition coefficient (Wildman–Crippen LogP) is 3.19. The maximum Gasteiger partial charge on any atom is 0.407 e. The van der Waals surface area contributed by atoms with E-state index in [4.69, 9.17) is 29.4 Å². The third-order valence-corrected chi connectivity index (χ3v) is 11.3. The highest BCUT2D eigenvalue weighted by molar-refractivity contribution is 5.98. The third kappa shape index (κ3) is 13.5. The number of alkyl carbamates (subject to hydrolysis) is 1. The zero-order valence-corrected chi connectivity index (χ0v) is 37.8. The number of amides is 5. The van der Waals surface area contributed by atoms with Crippen molar-refractivity contribution >= 4 is 53.5 Å². The molecule has 0 bridgehead atoms. The number of carbonyl (C=O) groups excluding carboxylic acids is 7. The number of aliphatic carboxylic acids is 1. The van der Waals surface area contributed by atoms with Crippen molar-refractivity contribution in [2.24, 2.45) is 11.7 Å². The number of rotatable bonds is 20. The molecule has 3 aromatic carbocycles. The molecule has 1 aliphatic heterocycles. The summed E-state index contributed by atoms with van der Waals surface area (Å²) < 4.78 is 27.6. The Bertz CT molecular complexity index is 2280. The highest BCUT2D eigenvalue weighted by atomic mass is 16.7. The van der Waals surface area contributed by atoms with Crippen molar-refractivity contribution in [1.82, 2.24) is 16.0 Å². The van der Waals surface area contributed by atoms with E-state index in [1.54, 1.807) is 13.8 Å². The van der Waals surface area contributed by atoms with Gasteiger partial charge in [0.25, 0.3) is 0 Å². The topological polar surface area (TPSA) is 297 Å². The van der Waals surface area contributed by atoms with Crippen molar-refractivity contribution < 1.29 is 72.3 Å². The molecule has 67 heavy (non-hydrogen) atoms. The lowest BCUT2D eigenvalue weighted by atomic mass is 9.90. The van der Waals surface area contributed by atoms with E-state index < -0.39 is 103 Å². The summed E-state index contributed by atoms with van der Waals surface area (Å²) in [6.45, 7) is 6.21. The van der Waals surface area contributed by atoms with Crippen molar-refractivity contribution in [3.8, 4) is 11.1 Å². The average Bonchev–Trinajstić information content (AvgIpc) is 3.59. The fraction of sp³-hybridized carbons (Fsp3) is 0.447. The first-order valence-electron chi connectivity index (χ1n) is 21.8. The molecule has 5 rings (SSSR count). The van der Waals surface area contributed by atoms with Crippen LogP contribution in [0.15, 0.2) is 66.7 Å². The molecular formula is C47H57N5O15. The molecular weight excluding hydrogens is 875 g/mol. The summed E-state index contributed by atoms with van der Waals surface area (Å²) in [5.74, 6) is -6.18. The van der Waals surface area contributed by atoms with Gasteiger partial charge in [-0.1, -0.05) is 68.4 Å². The summed E-state index contributed by atoms with van der Waals surface area (Å²) >= 11 is 0. The number of fused-ring (bicyclic) bond motifs is 3. The smallest absolute Gasteiger partial charge is 0.407 e. The number of benzene rings is 3. The molecule has 20 nitrogen and oxygen atoms in total. The third-order valence-electron chi connectivity index (χ3n) is 11.3. The van der Waals surface area contributed by atoms with E-state index >= 15 is 0 Å². The van der Waals surface area contributed by atoms with Crippen LogP contribution in [0.1, 0.15) is 82.1 Å². The molecule has 20 heteroatoms. The number of nitrogens with one attached hydrogen (secondary N) is 4. The summed E-state index contributed by atoms with van der Waals surface area (Å²) in [6, 6.07) is 17.2. The number of anilines is 1. The van der Waals surface area contributed by atoms with Crippen molar-refractivity contribution in [2.45, 2.75) is 115 Å². The Balaban J connectivity index is 1.30. The Labute approximate surface area is 386 Å². The van der Waals surface area contributed by atoms with Gasteiger partial charge in [0.05, 0.1) is 12.7 Å². The van der Waals surface area contributed by atoms with E-state index in [0.717, 1.165) is 43.0 Å². The van der Waals surface area contributed by atoms with Crippen LogP contribution in [-0.2, 0) is 65.5 Å². The van der Waals surface area contributed by atoms with Crippen molar-refractivity contribution in [1.29, 1.82) is 0 Å². The van der Waals surface area contributed by atoms with Crippen molar-refractivity contribution in [2.75, 3.05) is 18.5 Å². The van der Waals surface area contributed by atoms with Gasteiger partial charge in [-0.2, -0.15) is 0 Å². The van der Waals surface area contributed by atoms with Gasteiger partial charge in [-0.3, -0.25) is 24.0 Å². The highest BCUT2D eigenvalue weighted by Crippen LogP contribution is 2.44. The predicted molar refractivity (Wildman–Crippen MR) is 238 cm³/mol. The number of ether oxygens (including phenoxy) is 5. The molecule has 2 unspecified atom stereocenters. The maximum atomic E-state index is 14.0. The number of nitrogens with two attached hydrogens (primary N) is 1. The fourth-order valence-corrected chi connectivity index (χ4v) is 8.29. The Kier molecular flexibility index (Phi) is 17.8. The number of aliphatic hydroxyl groups excluding tert-OH is 1. The van der Waals surface area contributed by atoms with Crippen LogP contribution in [0.5, 0.6) is 0 Å². The Morgan fingerprint density at radius 1 is 0.761 bits per heavy atom. The zero-order chi connectivity index (χ0) is 48.9. The SMILES string of the molecule is CC(=O)O[C@@H]1[C@@H](OC(C)=O)[C@H](CCc2cc(NC(=O)C(CCCNC(N)=O)NC(=O)C(NC(=O)OCC3c4ccccc4-c4ccccc43)C(C)C)ccc2CO)O[C@H](C(=O)O)[C@H]1OC(C)=O. The lowest BCUT2D eigenvalue weighted by Gasteiger charge is -2.43. The number of hydrogen-bond donors (Lipinski definition) is 7. The van der Waals surface area contributed by atoms with Crippen LogP contribution in [0.2, 0.25) is 0 Å². The molecule has 1 fully saturated rings. The first-order chi connectivity index (χ1) is 31.9. The molecule has 2 aliphatic rings. The van der Waals surface area contributed by atoms with Gasteiger partial charge in [0.1, 0.15) is 18.7 Å². The molecule has 1 heterocycles. The maximum absolute atomic E-state index is 14.0. The Morgan fingerprint density at radius 3 is 1.93 bits per heavy atom. The number of carboxylic acids is 1. The van der Waals surface area contributed by atoms with Gasteiger partial charge in [-0.15, -0.1) is 0 Å². The Hall–Kier alpha value is -7.06. The first-order valence-corrected chi connectivity index (χ1v) is 21.8. The average molecular weight is 932 g/mol. The molecule has 0 spiro atoms. The van der Waals surface area contributed by atoms with Gasteiger partial charge in [0.15, 0.2) is 24.4 Å². The minimum absolute atomic E-state index is 0.00982. The normalized spacial score (nSPS) is 19.4. The molecule has 0 radical (unpaired) electrons. The van der Waals surface area contributed by atoms with Crippen LogP contribution in [-0.4, -0.2) is 114 Å². The van der Waals surface area contributed by atoms with E-state index in [1.165, 1.54) is 18.2 Å². The van der Waals surface area contributed by atoms with Crippen LogP contribution in [0.4, 0.5) is 15.3 Å². The minimum Gasteiger partial charge on any atom is -0.479 e. The van der Waals surface area contributed by atoms with Gasteiger partial charge < -0.3 is 60.9 Å². The summed E-state index contributed by atoms with van der Waals surface area (Å²) in [5.41, 5.74) is 10.4. The minimum atomic E-state index is -1.83. The number of aryl methyl sites for hydroxylation is 1. The molecule has 0 aromatic heterocycles. The van der Waals surface area contributed by atoms with E-state index in [-0.39, 0.29) is 50.4 Å². The van der Waals surface area contributed by atoms with E-state index in [1.807, 2.05) is 48.5 Å². The fourth-order valence-electron chi connectivity index (χ4n) is 8.29. The molecule has 7 atom stereocenters. The monoisotopic (exact) mass is 931 g/mol. The number of aliphatic hydroxyl groups is 1. The molecule has 360 valence electrons. The number of hydrogen-bond acceptors (Lipinski definition) is 14. The largest absolute Gasteiger partial charge is 0.479 e. The van der Waals surface area contributed by atoms with Crippen LogP contribution in [0.3, 0.4) is 0 Å². The standard InChI is InChI=1S/C47H57N5O15/c1-24(2)38(52-47(62)63-23-35-33-13-8-6-11-31(33)32-12-7-9-14-34(32)35)44(58)51-36(15-10-20-49-46(48)61)43(57)50-30-18-16-29(22-53)28(21-30)17-19-37-39(64-25(3)54)40(65-26(4)55)41(66-27(5)56)42(67-37)45(59)60/h6-9,11-14,16,18,21,24,35-42,53H,10,15,17,19-20,22-23H2,1-5H3,(H,50,57)(H,51,58)(H,52,62)(H,59,60)(H3,48,49,61)/t36?,37-,38?,39-,40+,41-,42-/m0/s1. The number of carbonyl (C=O) groups is 8. The van der Waals surface area contributed by atoms with Gasteiger partial charge in [0, 0.05) is 38.9 Å². The van der Waals surface area contributed by atoms with Gasteiger partial charge >= 0.3 is 36.0 Å². The second-order valence-corrected chi connectivity index (χ2v) is 16.5. The summed E-state index contributed by atoms with van der Waals surface area (Å²) in [7, 11) is 0. The highest BCUT2D eigenvalue weighted by Gasteiger charge is 2.54. The molecule has 8 N–H and O–H groups in total. The molecule has 1 saturated heterocycles. The number of carboxylic acid groups (broad SMARTS) is 1. The summed E-state index contributed by atoms with van der Waals surface area (Å²) in [6.07, 6.45) is -8.41. The van der Waals surface area contributed by atoms with Crippen LogP contribution >= 0.6 is 0 Å². The summed E-state index contributed by atoms with van der Waals surface area (Å²) in [5, 5.41) is 30.9. The lowest BCUT2D eigenvalue weighted by Crippen LogP contribution is -2.63. The van der Waals surface area contributed by atoms with Gasteiger partial charge in [0.2, 0.25) is 11.8 Å². The molecule has 5 amide bonds. The zero-order valence-electron chi connectivity index (χ0n) is 37.8. The second kappa shape index (κ2) is 23.4. The molecule has 1 aliphatic carbocycles. The summed E-state index contributed by atoms with van der Waals surface area (Å²) in [4.78, 5) is 101. The molecule has 0 saturated carbocycles. The van der Waals surface area contributed by atoms with Crippen molar-refractivity contribution in [3.05, 3.63) is 89.0 Å². The van der Waals surface area contributed by atoms with Crippen LogP contribution in [0, 0.1) is 5.92 Å². The molecule has 3 aromatic rings. The van der Waals surface area contributed by atoms with Gasteiger partial charge in [-0.05, 0) is 77.1 Å². The van der Waals surface area contributed by atoms with Crippen LogP contribution in [0.25, 0.3) is 11.1 Å². The van der Waals surface area contributed by atoms with E-state index in [0.29, 0.717) is 11.1 Å². The van der Waals surface area contributed by atoms with Crippen LogP contribution < -0.4 is 27.0 Å². The van der Waals surface area contributed by atoms with Gasteiger partial charge in [-0.25, -0.2) is 14.4 Å². The first kappa shape index (κ1) is 50.9. The second-order valence-electron chi connectivity index (χ2n) is 16.5. The lowest BCUT2D eigenvalue weighted by molar-refractivity contribution is -0.248. The Morgan fingerprint density at radius 2 is 1.36 bits per heavy atom. The van der Waals surface area contributed by atoms with E-state index in [2.05, 4.69) is 21.3 Å². The number of urea groups is 1. The van der Waals surface area contributed by atoms with Crippen molar-refractivity contribution in [3.63, 3.8) is 0 Å². The van der Waals surface area contributed by atoms with E-state index in [9.17, 15) is 48.6 Å². The number of esters is 3. The quantitative estimate of drug-likeness (QED) is 0.0486. The number of primary amides is 1.